The summed E-state index contributed by atoms with van der Waals surface area (Å²) in [5, 5.41) is 2.55. The fraction of sp³-hybridized carbons (Fsp3) is 0.143. The summed E-state index contributed by atoms with van der Waals surface area (Å²) in [6.07, 6.45) is 2.41. The molecule has 1 aromatic heterocycles. The SMILES string of the molecule is CC1(C)CCC(C)(C)c2cc(-n3c4ccccc4c4cc(-c5cccc(-c6cccc(N(c7ccccc7)c7ccc(-c8ccccc8)cc7)c6)c5)ccc43)ccc21. The lowest BCUT2D eigenvalue weighted by atomic mass is 9.63. The number of hydrogen-bond acceptors (Lipinski definition) is 1. The van der Waals surface area contributed by atoms with Gasteiger partial charge >= 0.3 is 0 Å². The summed E-state index contributed by atoms with van der Waals surface area (Å²) in [6, 6.07) is 71.2. The minimum Gasteiger partial charge on any atom is -0.310 e. The van der Waals surface area contributed by atoms with Crippen LogP contribution in [0, 0.1) is 0 Å². The van der Waals surface area contributed by atoms with Crippen LogP contribution in [0.2, 0.25) is 0 Å². The predicted octanol–water partition coefficient (Wildman–Crippen LogP) is 15.6. The predicted molar refractivity (Wildman–Crippen MR) is 247 cm³/mol. The number of fused-ring (bicyclic) bond motifs is 4. The van der Waals surface area contributed by atoms with Crippen LogP contribution in [0.15, 0.2) is 194 Å². The van der Waals surface area contributed by atoms with Crippen LogP contribution in [0.3, 0.4) is 0 Å². The summed E-state index contributed by atoms with van der Waals surface area (Å²) in [5.41, 5.74) is 17.6. The highest BCUT2D eigenvalue weighted by molar-refractivity contribution is 6.10. The van der Waals surface area contributed by atoms with E-state index in [0.717, 1.165) is 17.1 Å². The van der Waals surface area contributed by atoms with E-state index < -0.39 is 0 Å². The fourth-order valence-electron chi connectivity index (χ4n) is 9.31. The molecule has 0 unspecified atom stereocenters. The molecule has 0 N–H and O–H groups in total. The lowest BCUT2D eigenvalue weighted by Gasteiger charge is -2.42. The lowest BCUT2D eigenvalue weighted by Crippen LogP contribution is -2.33. The molecule has 0 aliphatic heterocycles. The first-order valence-corrected chi connectivity index (χ1v) is 20.6. The van der Waals surface area contributed by atoms with E-state index in [1.54, 1.807) is 0 Å². The normalized spacial score (nSPS) is 14.3. The molecule has 0 fully saturated rings. The highest BCUT2D eigenvalue weighted by Gasteiger charge is 2.37. The lowest BCUT2D eigenvalue weighted by molar-refractivity contribution is 0.332. The number of benzene rings is 8. The molecule has 1 aliphatic carbocycles. The first-order valence-electron chi connectivity index (χ1n) is 20.6. The van der Waals surface area contributed by atoms with Gasteiger partial charge in [0, 0.05) is 33.5 Å². The summed E-state index contributed by atoms with van der Waals surface area (Å²) < 4.78 is 2.47. The molecule has 2 nitrogen and oxygen atoms in total. The molecular formula is C56H48N2. The van der Waals surface area contributed by atoms with Gasteiger partial charge in [0.25, 0.3) is 0 Å². The van der Waals surface area contributed by atoms with Gasteiger partial charge in [0.1, 0.15) is 0 Å². The highest BCUT2D eigenvalue weighted by atomic mass is 15.1. The van der Waals surface area contributed by atoms with E-state index in [1.165, 1.54) is 84.8 Å². The number of aromatic nitrogens is 1. The average molecular weight is 749 g/mol. The molecule has 0 radical (unpaired) electrons. The number of anilines is 3. The van der Waals surface area contributed by atoms with E-state index in [9.17, 15) is 0 Å². The van der Waals surface area contributed by atoms with Crippen molar-refractivity contribution < 1.29 is 0 Å². The zero-order chi connectivity index (χ0) is 39.4. The first-order chi connectivity index (χ1) is 28.2. The Labute approximate surface area is 342 Å². The second kappa shape index (κ2) is 14.1. The summed E-state index contributed by atoms with van der Waals surface area (Å²) in [4.78, 5) is 2.34. The van der Waals surface area contributed by atoms with Crippen molar-refractivity contribution in [3.63, 3.8) is 0 Å². The Morgan fingerprint density at radius 2 is 0.879 bits per heavy atom. The van der Waals surface area contributed by atoms with E-state index in [-0.39, 0.29) is 10.8 Å². The van der Waals surface area contributed by atoms with Gasteiger partial charge in [-0.25, -0.2) is 0 Å². The Hall–Kier alpha value is -6.64. The van der Waals surface area contributed by atoms with Gasteiger partial charge in [-0.05, 0) is 141 Å². The zero-order valence-corrected chi connectivity index (χ0v) is 33.8. The Morgan fingerprint density at radius 1 is 0.362 bits per heavy atom. The van der Waals surface area contributed by atoms with Crippen molar-refractivity contribution in [3.05, 3.63) is 205 Å². The molecule has 282 valence electrons. The third kappa shape index (κ3) is 6.30. The molecule has 0 spiro atoms. The van der Waals surface area contributed by atoms with Crippen LogP contribution in [0.5, 0.6) is 0 Å². The third-order valence-electron chi connectivity index (χ3n) is 12.6. The fourth-order valence-corrected chi connectivity index (χ4v) is 9.31. The van der Waals surface area contributed by atoms with Crippen molar-refractivity contribution in [1.29, 1.82) is 0 Å². The summed E-state index contributed by atoms with van der Waals surface area (Å²) >= 11 is 0. The van der Waals surface area contributed by atoms with Gasteiger partial charge in [0.15, 0.2) is 0 Å². The van der Waals surface area contributed by atoms with Crippen molar-refractivity contribution >= 4 is 38.9 Å². The Morgan fingerprint density at radius 3 is 1.62 bits per heavy atom. The van der Waals surface area contributed by atoms with Gasteiger partial charge in [-0.1, -0.05) is 149 Å². The Bertz CT molecular complexity index is 2930. The van der Waals surface area contributed by atoms with Crippen molar-refractivity contribution in [3.8, 4) is 39.1 Å². The smallest absolute Gasteiger partial charge is 0.0541 e. The number of para-hydroxylation sites is 2. The maximum absolute atomic E-state index is 2.48. The van der Waals surface area contributed by atoms with E-state index in [4.69, 9.17) is 0 Å². The maximum Gasteiger partial charge on any atom is 0.0541 e. The van der Waals surface area contributed by atoms with Crippen LogP contribution in [-0.2, 0) is 10.8 Å². The van der Waals surface area contributed by atoms with Gasteiger partial charge < -0.3 is 9.47 Å². The van der Waals surface area contributed by atoms with Crippen molar-refractivity contribution in [1.82, 2.24) is 4.57 Å². The molecule has 0 saturated heterocycles. The summed E-state index contributed by atoms with van der Waals surface area (Å²) in [6.45, 7) is 9.63. The maximum atomic E-state index is 2.48. The molecule has 9 aromatic rings. The minimum atomic E-state index is 0.144. The van der Waals surface area contributed by atoms with Crippen molar-refractivity contribution in [2.75, 3.05) is 4.90 Å². The molecule has 0 saturated carbocycles. The van der Waals surface area contributed by atoms with Gasteiger partial charge in [-0.2, -0.15) is 0 Å². The Balaban J connectivity index is 1.02. The number of nitrogens with zero attached hydrogens (tertiary/aromatic N) is 2. The van der Waals surface area contributed by atoms with Crippen molar-refractivity contribution in [2.45, 2.75) is 51.4 Å². The van der Waals surface area contributed by atoms with Gasteiger partial charge in [0.05, 0.1) is 11.0 Å². The quantitative estimate of drug-likeness (QED) is 0.158. The molecule has 1 heterocycles. The molecule has 0 atom stereocenters. The molecule has 1 aliphatic rings. The minimum absolute atomic E-state index is 0.144. The third-order valence-corrected chi connectivity index (χ3v) is 12.6. The molecule has 0 amide bonds. The van der Waals surface area contributed by atoms with Crippen LogP contribution in [0.4, 0.5) is 17.1 Å². The summed E-state index contributed by atoms with van der Waals surface area (Å²) in [7, 11) is 0. The topological polar surface area (TPSA) is 8.17 Å². The molecule has 8 aromatic carbocycles. The molecule has 58 heavy (non-hydrogen) atoms. The Kier molecular flexibility index (Phi) is 8.68. The second-order valence-corrected chi connectivity index (χ2v) is 17.3. The molecule has 10 rings (SSSR count). The number of rotatable bonds is 7. The number of hydrogen-bond donors (Lipinski definition) is 0. The van der Waals surface area contributed by atoms with Crippen molar-refractivity contribution in [2.24, 2.45) is 0 Å². The van der Waals surface area contributed by atoms with E-state index in [1.807, 2.05) is 0 Å². The van der Waals surface area contributed by atoms with E-state index >= 15 is 0 Å². The molecule has 0 bridgehead atoms. The van der Waals surface area contributed by atoms with Gasteiger partial charge in [0.2, 0.25) is 0 Å². The average Bonchev–Trinajstić information content (AvgIpc) is 3.60. The van der Waals surface area contributed by atoms with Crippen LogP contribution in [0.25, 0.3) is 60.9 Å². The highest BCUT2D eigenvalue weighted by Crippen LogP contribution is 2.47. The van der Waals surface area contributed by atoms with Gasteiger partial charge in [-0.15, -0.1) is 0 Å². The largest absolute Gasteiger partial charge is 0.310 e. The first kappa shape index (κ1) is 35.8. The monoisotopic (exact) mass is 748 g/mol. The molecule has 2 heteroatoms. The van der Waals surface area contributed by atoms with Crippen LogP contribution in [-0.4, -0.2) is 4.57 Å². The molecular weight excluding hydrogens is 701 g/mol. The van der Waals surface area contributed by atoms with Crippen LogP contribution in [0.1, 0.15) is 51.7 Å². The summed E-state index contributed by atoms with van der Waals surface area (Å²) in [5.74, 6) is 0. The second-order valence-electron chi connectivity index (χ2n) is 17.3. The van der Waals surface area contributed by atoms with E-state index in [2.05, 4.69) is 231 Å². The zero-order valence-electron chi connectivity index (χ0n) is 33.8. The van der Waals surface area contributed by atoms with Crippen LogP contribution >= 0.6 is 0 Å². The standard InChI is InChI=1S/C56H48N2/c1-55(2)33-34-56(3,4)52-38-48(30-31-51(52)55)58-53-24-12-11-23-49(53)50-37-44(27-32-54(50)58)42-18-13-17-41(35-42)43-19-14-22-47(36-43)57(45-20-9-6-10-21-45)46-28-25-40(26-29-46)39-15-7-5-8-16-39/h5-32,35-38H,33-34H2,1-4H3. The van der Waals surface area contributed by atoms with Gasteiger partial charge in [-0.3, -0.25) is 0 Å². The van der Waals surface area contributed by atoms with E-state index in [0.29, 0.717) is 0 Å². The van der Waals surface area contributed by atoms with Crippen LogP contribution < -0.4 is 4.90 Å².